The van der Waals surface area contributed by atoms with Crippen LogP contribution in [0.5, 0.6) is 0 Å². The number of aliphatic hydroxyl groups excluding tert-OH is 1. The first-order valence-electron chi connectivity index (χ1n) is 8.70. The molecular formula is C18H18FN3O4S2. The van der Waals surface area contributed by atoms with E-state index in [2.05, 4.69) is 9.71 Å². The third kappa shape index (κ3) is 3.62. The second-order valence-corrected chi connectivity index (χ2v) is 9.64. The van der Waals surface area contributed by atoms with Crippen LogP contribution in [0.25, 0.3) is 10.8 Å². The molecule has 28 heavy (non-hydrogen) atoms. The van der Waals surface area contributed by atoms with Crippen LogP contribution in [0.15, 0.2) is 45.5 Å². The summed E-state index contributed by atoms with van der Waals surface area (Å²) in [6.45, 7) is 1.20. The van der Waals surface area contributed by atoms with Crippen molar-refractivity contribution in [1.82, 2.24) is 4.98 Å². The lowest BCUT2D eigenvalue weighted by atomic mass is 10.1. The number of hydrogen-bond donors (Lipinski definition) is 3. The standard InChI is InChI=1S/C18H18FN3O4S2/c19-14-8-11-5-6-20-18(24)13(11)9-15(14)21-28(25,26)17-4-3-16(27-17)22-7-1-2-12(23)10-22/h3-6,8-9,12,21,23H,1-2,7,10H2,(H,20,24)/t12-/m0/s1. The van der Waals surface area contributed by atoms with E-state index in [4.69, 9.17) is 0 Å². The fourth-order valence-corrected chi connectivity index (χ4v) is 5.65. The number of piperidine rings is 1. The number of aromatic amines is 1. The summed E-state index contributed by atoms with van der Waals surface area (Å²) < 4.78 is 42.1. The number of benzene rings is 1. The molecular weight excluding hydrogens is 405 g/mol. The van der Waals surface area contributed by atoms with Crippen LogP contribution in [0, 0.1) is 5.82 Å². The molecule has 3 aromatic rings. The third-order valence-electron chi connectivity index (χ3n) is 4.65. The molecule has 0 amide bonds. The Hall–Kier alpha value is -2.43. The largest absolute Gasteiger partial charge is 0.391 e. The summed E-state index contributed by atoms with van der Waals surface area (Å²) in [4.78, 5) is 16.3. The second-order valence-electron chi connectivity index (χ2n) is 6.67. The van der Waals surface area contributed by atoms with E-state index in [0.717, 1.165) is 41.8 Å². The van der Waals surface area contributed by atoms with Gasteiger partial charge in [-0.1, -0.05) is 0 Å². The lowest BCUT2D eigenvalue weighted by Crippen LogP contribution is -2.37. The van der Waals surface area contributed by atoms with Crippen LogP contribution in [0.3, 0.4) is 0 Å². The number of thiophene rings is 1. The quantitative estimate of drug-likeness (QED) is 0.598. The molecule has 3 heterocycles. The number of rotatable bonds is 4. The van der Waals surface area contributed by atoms with E-state index >= 15 is 0 Å². The van der Waals surface area contributed by atoms with Gasteiger partial charge in [0.25, 0.3) is 15.6 Å². The van der Waals surface area contributed by atoms with Gasteiger partial charge in [-0.15, -0.1) is 11.3 Å². The maximum atomic E-state index is 14.4. The Morgan fingerprint density at radius 3 is 2.89 bits per heavy atom. The molecule has 0 radical (unpaired) electrons. The van der Waals surface area contributed by atoms with Gasteiger partial charge in [-0.05, 0) is 48.6 Å². The highest BCUT2D eigenvalue weighted by molar-refractivity contribution is 7.94. The normalized spacial score (nSPS) is 17.8. The molecule has 0 spiro atoms. The maximum absolute atomic E-state index is 14.4. The number of H-pyrrole nitrogens is 1. The minimum absolute atomic E-state index is 0.0315. The van der Waals surface area contributed by atoms with Crippen molar-refractivity contribution in [1.29, 1.82) is 0 Å². The number of aromatic nitrogens is 1. The number of β-amino-alcohol motifs (C(OH)–C–C–N with tert-alkyl or cyclic N) is 1. The van der Waals surface area contributed by atoms with E-state index in [0.29, 0.717) is 11.9 Å². The first-order valence-corrected chi connectivity index (χ1v) is 11.0. The molecule has 1 fully saturated rings. The summed E-state index contributed by atoms with van der Waals surface area (Å²) in [6.07, 6.45) is 2.53. The molecule has 4 rings (SSSR count). The van der Waals surface area contributed by atoms with Gasteiger partial charge in [-0.25, -0.2) is 12.8 Å². The molecule has 1 atom stereocenters. The zero-order valence-electron chi connectivity index (χ0n) is 14.7. The Bertz CT molecular complexity index is 1190. The first kappa shape index (κ1) is 18.9. The summed E-state index contributed by atoms with van der Waals surface area (Å²) in [5.74, 6) is -0.766. The number of pyridine rings is 1. The number of nitrogens with zero attached hydrogens (tertiary/aromatic N) is 1. The zero-order valence-corrected chi connectivity index (χ0v) is 16.3. The summed E-state index contributed by atoms with van der Waals surface area (Å²) in [6, 6.07) is 6.98. The van der Waals surface area contributed by atoms with Crippen LogP contribution in [0.1, 0.15) is 12.8 Å². The average Bonchev–Trinajstić information content (AvgIpc) is 3.14. The van der Waals surface area contributed by atoms with Crippen LogP contribution in [-0.4, -0.2) is 37.7 Å². The fraction of sp³-hybridized carbons (Fsp3) is 0.278. The summed E-state index contributed by atoms with van der Waals surface area (Å²) in [5.41, 5.74) is -0.715. The van der Waals surface area contributed by atoms with Crippen molar-refractivity contribution in [2.45, 2.75) is 23.2 Å². The van der Waals surface area contributed by atoms with Crippen LogP contribution in [-0.2, 0) is 10.0 Å². The molecule has 148 valence electrons. The second kappa shape index (κ2) is 7.19. The lowest BCUT2D eigenvalue weighted by Gasteiger charge is -2.30. The van der Waals surface area contributed by atoms with Crippen molar-refractivity contribution in [3.63, 3.8) is 0 Å². The maximum Gasteiger partial charge on any atom is 0.271 e. The zero-order chi connectivity index (χ0) is 19.9. The molecule has 7 nitrogen and oxygen atoms in total. The highest BCUT2D eigenvalue weighted by Crippen LogP contribution is 2.33. The molecule has 0 unspecified atom stereocenters. The van der Waals surface area contributed by atoms with Crippen LogP contribution in [0.2, 0.25) is 0 Å². The van der Waals surface area contributed by atoms with Crippen molar-refractivity contribution >= 4 is 42.8 Å². The molecule has 0 saturated carbocycles. The summed E-state index contributed by atoms with van der Waals surface area (Å²) in [5, 5.41) is 11.1. The van der Waals surface area contributed by atoms with Crippen molar-refractivity contribution in [3.05, 3.63) is 52.7 Å². The Morgan fingerprint density at radius 1 is 1.29 bits per heavy atom. The molecule has 0 aliphatic carbocycles. The highest BCUT2D eigenvalue weighted by Gasteiger charge is 2.23. The Balaban J connectivity index is 1.63. The van der Waals surface area contributed by atoms with Gasteiger partial charge in [-0.3, -0.25) is 9.52 Å². The number of sulfonamides is 1. The van der Waals surface area contributed by atoms with Gasteiger partial charge in [0, 0.05) is 24.7 Å². The number of aliphatic hydroxyl groups is 1. The molecule has 3 N–H and O–H groups in total. The molecule has 1 aromatic carbocycles. The summed E-state index contributed by atoms with van der Waals surface area (Å²) in [7, 11) is -4.02. The van der Waals surface area contributed by atoms with Gasteiger partial charge in [0.15, 0.2) is 0 Å². The molecule has 1 aliphatic heterocycles. The SMILES string of the molecule is O=c1[nH]ccc2cc(F)c(NS(=O)(=O)c3ccc(N4CCC[C@H](O)C4)s3)cc12. The molecule has 2 aromatic heterocycles. The van der Waals surface area contributed by atoms with Gasteiger partial charge in [0.05, 0.1) is 16.8 Å². The van der Waals surface area contributed by atoms with Gasteiger partial charge < -0.3 is 15.0 Å². The molecule has 1 saturated heterocycles. The predicted molar refractivity (Wildman–Crippen MR) is 107 cm³/mol. The number of anilines is 2. The van der Waals surface area contributed by atoms with E-state index in [1.807, 2.05) is 4.90 Å². The van der Waals surface area contributed by atoms with Gasteiger partial charge in [0.1, 0.15) is 10.0 Å². The molecule has 0 bridgehead atoms. The number of hydrogen-bond acceptors (Lipinski definition) is 6. The van der Waals surface area contributed by atoms with Crippen molar-refractivity contribution in [2.75, 3.05) is 22.7 Å². The Labute approximate surface area is 164 Å². The Kier molecular flexibility index (Phi) is 4.86. The van der Waals surface area contributed by atoms with Crippen LogP contribution < -0.4 is 15.2 Å². The van der Waals surface area contributed by atoms with Gasteiger partial charge in [-0.2, -0.15) is 0 Å². The fourth-order valence-electron chi connectivity index (χ4n) is 3.26. The van der Waals surface area contributed by atoms with Gasteiger partial charge >= 0.3 is 0 Å². The van der Waals surface area contributed by atoms with Gasteiger partial charge in [0.2, 0.25) is 0 Å². The topological polar surface area (TPSA) is 102 Å². The third-order valence-corrected chi connectivity index (χ3v) is 7.65. The highest BCUT2D eigenvalue weighted by atomic mass is 32.2. The van der Waals surface area contributed by atoms with E-state index in [-0.39, 0.29) is 15.3 Å². The first-order chi connectivity index (χ1) is 13.3. The lowest BCUT2D eigenvalue weighted by molar-refractivity contribution is 0.154. The smallest absolute Gasteiger partial charge is 0.271 e. The predicted octanol–water partition coefficient (Wildman–Crippen LogP) is 2.49. The van der Waals surface area contributed by atoms with E-state index in [1.54, 1.807) is 6.07 Å². The molecule has 1 aliphatic rings. The van der Waals surface area contributed by atoms with Crippen molar-refractivity contribution in [3.8, 4) is 0 Å². The number of fused-ring (bicyclic) bond motifs is 1. The van der Waals surface area contributed by atoms with E-state index < -0.39 is 27.5 Å². The average molecular weight is 423 g/mol. The minimum atomic E-state index is -4.02. The van der Waals surface area contributed by atoms with E-state index in [1.165, 1.54) is 24.4 Å². The number of halogens is 1. The minimum Gasteiger partial charge on any atom is -0.391 e. The monoisotopic (exact) mass is 423 g/mol. The Morgan fingerprint density at radius 2 is 2.11 bits per heavy atom. The van der Waals surface area contributed by atoms with E-state index in [9.17, 15) is 22.7 Å². The summed E-state index contributed by atoms with van der Waals surface area (Å²) >= 11 is 1.05. The van der Waals surface area contributed by atoms with Crippen molar-refractivity contribution < 1.29 is 17.9 Å². The van der Waals surface area contributed by atoms with Crippen LogP contribution >= 0.6 is 11.3 Å². The van der Waals surface area contributed by atoms with Crippen molar-refractivity contribution in [2.24, 2.45) is 0 Å². The van der Waals surface area contributed by atoms with Crippen LogP contribution in [0.4, 0.5) is 15.1 Å². The molecule has 10 heteroatoms. The number of nitrogens with one attached hydrogen (secondary N) is 2.